The van der Waals surface area contributed by atoms with Gasteiger partial charge in [-0.1, -0.05) is 6.08 Å². The normalized spacial score (nSPS) is 16.5. The second-order valence-corrected chi connectivity index (χ2v) is 6.05. The van der Waals surface area contributed by atoms with Crippen molar-refractivity contribution < 1.29 is 4.79 Å². The number of hydrogen-bond donors (Lipinski definition) is 2. The summed E-state index contributed by atoms with van der Waals surface area (Å²) in [6.45, 7) is 3.09. The van der Waals surface area contributed by atoms with Gasteiger partial charge in [-0.05, 0) is 47.9 Å². The molecule has 2 N–H and O–H groups in total. The zero-order valence-electron chi connectivity index (χ0n) is 13.3. The molecular formula is C18H19N5O. The molecule has 122 valence electrons. The second kappa shape index (κ2) is 6.41. The van der Waals surface area contributed by atoms with E-state index >= 15 is 0 Å². The summed E-state index contributed by atoms with van der Waals surface area (Å²) >= 11 is 0. The highest BCUT2D eigenvalue weighted by atomic mass is 16.2. The van der Waals surface area contributed by atoms with Crippen LogP contribution >= 0.6 is 0 Å². The van der Waals surface area contributed by atoms with E-state index in [9.17, 15) is 4.79 Å². The molecule has 0 bridgehead atoms. The quantitative estimate of drug-likeness (QED) is 0.891. The standard InChI is InChI=1S/C18H19N5O/c24-18(23-11-14-5-8-20-9-15(14)12-23)22-16-1-2-17(21-10-16)13-3-6-19-7-4-13/h1-3,5,8-10,19H,4,6-7,11-12H2,(H,22,24). The van der Waals surface area contributed by atoms with Gasteiger partial charge in [0.15, 0.2) is 0 Å². The molecule has 6 nitrogen and oxygen atoms in total. The Morgan fingerprint density at radius 2 is 2.08 bits per heavy atom. The third-order valence-corrected chi connectivity index (χ3v) is 4.42. The lowest BCUT2D eigenvalue weighted by molar-refractivity contribution is 0.212. The number of carbonyl (C=O) groups is 1. The van der Waals surface area contributed by atoms with Gasteiger partial charge < -0.3 is 15.5 Å². The molecule has 24 heavy (non-hydrogen) atoms. The highest BCUT2D eigenvalue weighted by Crippen LogP contribution is 2.23. The van der Waals surface area contributed by atoms with Gasteiger partial charge in [-0.2, -0.15) is 0 Å². The number of pyridine rings is 2. The molecule has 0 aromatic carbocycles. The summed E-state index contributed by atoms with van der Waals surface area (Å²) in [4.78, 5) is 22.8. The number of rotatable bonds is 2. The van der Waals surface area contributed by atoms with Crippen LogP contribution in [0.25, 0.3) is 5.57 Å². The molecule has 4 heterocycles. The van der Waals surface area contributed by atoms with Crippen LogP contribution in [-0.2, 0) is 13.1 Å². The van der Waals surface area contributed by atoms with Gasteiger partial charge in [0, 0.05) is 32.0 Å². The fraction of sp³-hybridized carbons (Fsp3) is 0.278. The molecule has 0 fully saturated rings. The maximum absolute atomic E-state index is 12.4. The van der Waals surface area contributed by atoms with Crippen LogP contribution in [0.15, 0.2) is 42.9 Å². The van der Waals surface area contributed by atoms with E-state index in [2.05, 4.69) is 26.7 Å². The fourth-order valence-electron chi connectivity index (χ4n) is 3.08. The fourth-order valence-corrected chi connectivity index (χ4v) is 3.08. The van der Waals surface area contributed by atoms with Crippen LogP contribution in [0, 0.1) is 0 Å². The number of amides is 2. The molecule has 0 saturated carbocycles. The first kappa shape index (κ1) is 14.8. The lowest BCUT2D eigenvalue weighted by Gasteiger charge is -2.17. The van der Waals surface area contributed by atoms with Gasteiger partial charge in [0.25, 0.3) is 0 Å². The topological polar surface area (TPSA) is 70.2 Å². The Balaban J connectivity index is 1.41. The zero-order valence-corrected chi connectivity index (χ0v) is 13.3. The first-order chi connectivity index (χ1) is 11.8. The predicted octanol–water partition coefficient (Wildman–Crippen LogP) is 2.40. The number of aromatic nitrogens is 2. The molecule has 0 spiro atoms. The average molecular weight is 321 g/mol. The van der Waals surface area contributed by atoms with Crippen molar-refractivity contribution in [3.63, 3.8) is 0 Å². The van der Waals surface area contributed by atoms with Gasteiger partial charge >= 0.3 is 6.03 Å². The van der Waals surface area contributed by atoms with Crippen LogP contribution in [0.1, 0.15) is 23.2 Å². The summed E-state index contributed by atoms with van der Waals surface area (Å²) in [7, 11) is 0. The van der Waals surface area contributed by atoms with Gasteiger partial charge in [0.1, 0.15) is 0 Å². The highest BCUT2D eigenvalue weighted by Gasteiger charge is 2.23. The lowest BCUT2D eigenvalue weighted by atomic mass is 10.1. The van der Waals surface area contributed by atoms with Crippen molar-refractivity contribution in [1.29, 1.82) is 0 Å². The maximum Gasteiger partial charge on any atom is 0.322 e. The molecule has 0 radical (unpaired) electrons. The van der Waals surface area contributed by atoms with E-state index in [-0.39, 0.29) is 6.03 Å². The van der Waals surface area contributed by atoms with E-state index in [1.165, 1.54) is 5.57 Å². The average Bonchev–Trinajstić information content (AvgIpc) is 3.07. The summed E-state index contributed by atoms with van der Waals surface area (Å²) in [5.41, 5.74) is 5.22. The Hall–Kier alpha value is -2.73. The van der Waals surface area contributed by atoms with E-state index in [0.717, 1.165) is 36.3 Å². The van der Waals surface area contributed by atoms with Crippen molar-refractivity contribution in [3.05, 3.63) is 59.7 Å². The second-order valence-electron chi connectivity index (χ2n) is 6.05. The van der Waals surface area contributed by atoms with Crippen LogP contribution in [0.5, 0.6) is 0 Å². The minimum Gasteiger partial charge on any atom is -0.316 e. The molecule has 0 saturated heterocycles. The first-order valence-corrected chi connectivity index (χ1v) is 8.13. The highest BCUT2D eigenvalue weighted by molar-refractivity contribution is 5.89. The third kappa shape index (κ3) is 3.00. The summed E-state index contributed by atoms with van der Waals surface area (Å²) in [6.07, 6.45) is 8.46. The Morgan fingerprint density at radius 3 is 2.83 bits per heavy atom. The molecular weight excluding hydrogens is 302 g/mol. The smallest absolute Gasteiger partial charge is 0.316 e. The van der Waals surface area contributed by atoms with Crippen molar-refractivity contribution in [2.45, 2.75) is 19.5 Å². The molecule has 0 atom stereocenters. The van der Waals surface area contributed by atoms with Crippen molar-refractivity contribution in [2.75, 3.05) is 18.4 Å². The van der Waals surface area contributed by atoms with Crippen LogP contribution in [0.4, 0.5) is 10.5 Å². The number of anilines is 1. The van der Waals surface area contributed by atoms with E-state index in [1.807, 2.05) is 24.4 Å². The molecule has 4 rings (SSSR count). The number of fused-ring (bicyclic) bond motifs is 1. The van der Waals surface area contributed by atoms with Gasteiger partial charge in [-0.15, -0.1) is 0 Å². The largest absolute Gasteiger partial charge is 0.322 e. The minimum atomic E-state index is -0.109. The van der Waals surface area contributed by atoms with Crippen molar-refractivity contribution in [1.82, 2.24) is 20.2 Å². The summed E-state index contributed by atoms with van der Waals surface area (Å²) in [5.74, 6) is 0. The van der Waals surface area contributed by atoms with Gasteiger partial charge in [0.2, 0.25) is 0 Å². The number of hydrogen-bond acceptors (Lipinski definition) is 4. The Morgan fingerprint density at radius 1 is 1.17 bits per heavy atom. The molecule has 0 aliphatic carbocycles. The van der Waals surface area contributed by atoms with Gasteiger partial charge in [-0.25, -0.2) is 4.79 Å². The van der Waals surface area contributed by atoms with Crippen LogP contribution < -0.4 is 10.6 Å². The van der Waals surface area contributed by atoms with Crippen molar-refractivity contribution in [3.8, 4) is 0 Å². The molecule has 2 aromatic rings. The van der Waals surface area contributed by atoms with Crippen LogP contribution in [0.2, 0.25) is 0 Å². The number of nitrogens with zero attached hydrogens (tertiary/aromatic N) is 3. The van der Waals surface area contributed by atoms with E-state index < -0.39 is 0 Å². The van der Waals surface area contributed by atoms with Gasteiger partial charge in [-0.3, -0.25) is 9.97 Å². The minimum absolute atomic E-state index is 0.109. The summed E-state index contributed by atoms with van der Waals surface area (Å²) in [6, 6.07) is 5.73. The molecule has 6 heteroatoms. The molecule has 2 amide bonds. The Labute approximate surface area is 140 Å². The number of urea groups is 1. The third-order valence-electron chi connectivity index (χ3n) is 4.42. The van der Waals surface area contributed by atoms with E-state index in [0.29, 0.717) is 18.8 Å². The first-order valence-electron chi connectivity index (χ1n) is 8.13. The molecule has 2 aromatic heterocycles. The van der Waals surface area contributed by atoms with Crippen LogP contribution in [0.3, 0.4) is 0 Å². The summed E-state index contributed by atoms with van der Waals surface area (Å²) in [5, 5.41) is 6.21. The summed E-state index contributed by atoms with van der Waals surface area (Å²) < 4.78 is 0. The Kier molecular flexibility index (Phi) is 3.96. The molecule has 2 aliphatic heterocycles. The monoisotopic (exact) mass is 321 g/mol. The van der Waals surface area contributed by atoms with Crippen LogP contribution in [-0.4, -0.2) is 34.0 Å². The maximum atomic E-state index is 12.4. The van der Waals surface area contributed by atoms with Crippen molar-refractivity contribution in [2.24, 2.45) is 0 Å². The number of carbonyl (C=O) groups excluding carboxylic acids is 1. The number of nitrogens with one attached hydrogen (secondary N) is 2. The van der Waals surface area contributed by atoms with E-state index in [4.69, 9.17) is 0 Å². The van der Waals surface area contributed by atoms with Gasteiger partial charge in [0.05, 0.1) is 17.6 Å². The SMILES string of the molecule is O=C(Nc1ccc(C2=CCNCC2)nc1)N1Cc2ccncc2C1. The lowest BCUT2D eigenvalue weighted by Crippen LogP contribution is -2.30. The predicted molar refractivity (Wildman–Crippen MR) is 92.2 cm³/mol. The van der Waals surface area contributed by atoms with E-state index in [1.54, 1.807) is 17.3 Å². The Bertz CT molecular complexity index is 759. The van der Waals surface area contributed by atoms with Crippen molar-refractivity contribution >= 4 is 17.3 Å². The molecule has 0 unspecified atom stereocenters. The molecule has 2 aliphatic rings. The zero-order chi connectivity index (χ0) is 16.4.